The van der Waals surface area contributed by atoms with E-state index >= 15 is 0 Å². The Hall–Kier alpha value is -1.78. The van der Waals surface area contributed by atoms with E-state index in [9.17, 15) is 0 Å². The Morgan fingerprint density at radius 3 is 2.65 bits per heavy atom. The predicted octanol–water partition coefficient (Wildman–Crippen LogP) is 4.92. The quantitative estimate of drug-likeness (QED) is 0.715. The topological polar surface area (TPSA) is 44.8 Å². The molecule has 1 aliphatic heterocycles. The summed E-state index contributed by atoms with van der Waals surface area (Å²) in [6.45, 7) is 2.06. The van der Waals surface area contributed by atoms with Gasteiger partial charge in [-0.1, -0.05) is 29.3 Å². The first kappa shape index (κ1) is 14.8. The molecule has 0 atom stereocenters. The summed E-state index contributed by atoms with van der Waals surface area (Å²) in [5, 5.41) is 8.97. The molecular formula is C17H16Cl2N4. The second kappa shape index (κ2) is 6.02. The average Bonchev–Trinajstić information content (AvgIpc) is 3.13. The third-order valence-electron chi connectivity index (χ3n) is 4.35. The van der Waals surface area contributed by atoms with E-state index in [1.54, 1.807) is 0 Å². The fourth-order valence-corrected chi connectivity index (χ4v) is 3.50. The van der Waals surface area contributed by atoms with Crippen LogP contribution in [0.3, 0.4) is 0 Å². The zero-order valence-electron chi connectivity index (χ0n) is 12.5. The zero-order valence-corrected chi connectivity index (χ0v) is 14.0. The van der Waals surface area contributed by atoms with Crippen LogP contribution in [0.1, 0.15) is 19.3 Å². The lowest BCUT2D eigenvalue weighted by Crippen LogP contribution is -2.30. The molecule has 0 saturated carbocycles. The largest absolute Gasteiger partial charge is 0.357 e. The number of halogens is 2. The van der Waals surface area contributed by atoms with Crippen LogP contribution in [0.5, 0.6) is 0 Å². The molecule has 1 fully saturated rings. The molecule has 3 aromatic rings. The summed E-state index contributed by atoms with van der Waals surface area (Å²) in [4.78, 5) is 7.13. The van der Waals surface area contributed by atoms with Gasteiger partial charge >= 0.3 is 0 Å². The molecule has 2 aromatic heterocycles. The molecule has 1 N–H and O–H groups in total. The van der Waals surface area contributed by atoms with Gasteiger partial charge in [-0.3, -0.25) is 5.10 Å². The summed E-state index contributed by atoms with van der Waals surface area (Å²) in [5.41, 5.74) is 2.84. The number of piperidine rings is 1. The van der Waals surface area contributed by atoms with Gasteiger partial charge in [-0.2, -0.15) is 5.10 Å². The van der Waals surface area contributed by atoms with Crippen molar-refractivity contribution in [3.05, 3.63) is 40.6 Å². The lowest BCUT2D eigenvalue weighted by Gasteiger charge is -2.28. The number of fused-ring (bicyclic) bond motifs is 1. The van der Waals surface area contributed by atoms with Gasteiger partial charge in [0.25, 0.3) is 0 Å². The molecule has 0 aliphatic carbocycles. The van der Waals surface area contributed by atoms with Crippen molar-refractivity contribution in [3.63, 3.8) is 0 Å². The van der Waals surface area contributed by atoms with Gasteiger partial charge < -0.3 is 4.90 Å². The minimum Gasteiger partial charge on any atom is -0.357 e. The molecule has 1 aliphatic rings. The molecule has 0 unspecified atom stereocenters. The molecule has 23 heavy (non-hydrogen) atoms. The van der Waals surface area contributed by atoms with Gasteiger partial charge in [-0.25, -0.2) is 4.98 Å². The maximum Gasteiger partial charge on any atom is 0.129 e. The molecule has 118 valence electrons. The van der Waals surface area contributed by atoms with E-state index in [0.717, 1.165) is 40.9 Å². The van der Waals surface area contributed by atoms with Crippen LogP contribution in [0.2, 0.25) is 10.0 Å². The molecule has 0 radical (unpaired) electrons. The number of H-pyrrole nitrogens is 1. The average molecular weight is 347 g/mol. The van der Waals surface area contributed by atoms with E-state index in [0.29, 0.717) is 10.0 Å². The van der Waals surface area contributed by atoms with Gasteiger partial charge in [0.05, 0.1) is 21.8 Å². The first-order valence-electron chi connectivity index (χ1n) is 7.77. The molecule has 3 heterocycles. The highest BCUT2D eigenvalue weighted by atomic mass is 35.5. The number of anilines is 1. The van der Waals surface area contributed by atoms with E-state index in [2.05, 4.69) is 21.2 Å². The second-order valence-electron chi connectivity index (χ2n) is 5.82. The number of rotatable bonds is 2. The van der Waals surface area contributed by atoms with Gasteiger partial charge in [0, 0.05) is 30.2 Å². The third kappa shape index (κ3) is 2.66. The van der Waals surface area contributed by atoms with Crippen LogP contribution in [0.15, 0.2) is 30.6 Å². The van der Waals surface area contributed by atoms with Gasteiger partial charge in [0.2, 0.25) is 0 Å². The van der Waals surface area contributed by atoms with E-state index in [1.165, 1.54) is 19.3 Å². The van der Waals surface area contributed by atoms with Crippen LogP contribution in [0.25, 0.3) is 22.0 Å². The van der Waals surface area contributed by atoms with Crippen LogP contribution in [-0.4, -0.2) is 28.3 Å². The number of aromatic nitrogens is 3. The predicted molar refractivity (Wildman–Crippen MR) is 95.4 cm³/mol. The summed E-state index contributed by atoms with van der Waals surface area (Å²) in [7, 11) is 0. The van der Waals surface area contributed by atoms with Gasteiger partial charge in [0.1, 0.15) is 5.82 Å². The molecule has 4 rings (SSSR count). The minimum atomic E-state index is 0.507. The number of hydrogen-bond donors (Lipinski definition) is 1. The Bertz CT molecular complexity index is 839. The highest BCUT2D eigenvalue weighted by Gasteiger charge is 2.18. The molecule has 0 amide bonds. The van der Waals surface area contributed by atoms with E-state index in [4.69, 9.17) is 28.2 Å². The number of hydrogen-bond acceptors (Lipinski definition) is 3. The summed E-state index contributed by atoms with van der Waals surface area (Å²) in [5.74, 6) is 0.956. The van der Waals surface area contributed by atoms with Crippen molar-refractivity contribution in [2.24, 2.45) is 0 Å². The number of nitrogens with zero attached hydrogens (tertiary/aromatic N) is 3. The molecular weight excluding hydrogens is 331 g/mol. The highest BCUT2D eigenvalue weighted by molar-refractivity contribution is 6.45. The molecule has 0 bridgehead atoms. The Morgan fingerprint density at radius 2 is 1.91 bits per heavy atom. The van der Waals surface area contributed by atoms with Crippen molar-refractivity contribution in [2.45, 2.75) is 19.3 Å². The summed E-state index contributed by atoms with van der Waals surface area (Å²) in [6, 6.07) is 5.92. The smallest absolute Gasteiger partial charge is 0.129 e. The molecule has 6 heteroatoms. The van der Waals surface area contributed by atoms with Crippen molar-refractivity contribution in [1.29, 1.82) is 0 Å². The minimum absolute atomic E-state index is 0.507. The fourth-order valence-electron chi connectivity index (χ4n) is 3.14. The third-order valence-corrected chi connectivity index (χ3v) is 5.14. The summed E-state index contributed by atoms with van der Waals surface area (Å²) < 4.78 is 0. The van der Waals surface area contributed by atoms with Crippen LogP contribution in [0.4, 0.5) is 5.82 Å². The van der Waals surface area contributed by atoms with Crippen LogP contribution in [0, 0.1) is 0 Å². The fraction of sp³-hybridized carbons (Fsp3) is 0.294. The monoisotopic (exact) mass is 346 g/mol. The van der Waals surface area contributed by atoms with Gasteiger partial charge in [0.15, 0.2) is 0 Å². The van der Waals surface area contributed by atoms with Crippen LogP contribution >= 0.6 is 23.2 Å². The molecule has 0 spiro atoms. The van der Waals surface area contributed by atoms with Gasteiger partial charge in [-0.05, 0) is 37.0 Å². The van der Waals surface area contributed by atoms with Crippen molar-refractivity contribution in [3.8, 4) is 11.1 Å². The van der Waals surface area contributed by atoms with Crippen LogP contribution in [-0.2, 0) is 0 Å². The van der Waals surface area contributed by atoms with E-state index < -0.39 is 0 Å². The normalized spacial score (nSPS) is 15.3. The van der Waals surface area contributed by atoms with Crippen LogP contribution < -0.4 is 4.90 Å². The summed E-state index contributed by atoms with van der Waals surface area (Å²) in [6.07, 6.45) is 7.38. The first-order valence-corrected chi connectivity index (χ1v) is 8.52. The van der Waals surface area contributed by atoms with Crippen molar-refractivity contribution >= 4 is 39.9 Å². The summed E-state index contributed by atoms with van der Waals surface area (Å²) >= 11 is 12.6. The number of nitrogens with one attached hydrogen (secondary N) is 1. The molecule has 1 aromatic carbocycles. The lowest BCUT2D eigenvalue weighted by molar-refractivity contribution is 0.574. The van der Waals surface area contributed by atoms with Crippen molar-refractivity contribution in [1.82, 2.24) is 15.2 Å². The molecule has 1 saturated heterocycles. The zero-order chi connectivity index (χ0) is 15.8. The van der Waals surface area contributed by atoms with E-state index in [-0.39, 0.29) is 0 Å². The maximum atomic E-state index is 6.43. The Morgan fingerprint density at radius 1 is 1.09 bits per heavy atom. The molecule has 4 nitrogen and oxygen atoms in total. The number of pyridine rings is 1. The van der Waals surface area contributed by atoms with Crippen molar-refractivity contribution in [2.75, 3.05) is 18.0 Å². The maximum absolute atomic E-state index is 6.43. The highest BCUT2D eigenvalue weighted by Crippen LogP contribution is 2.37. The van der Waals surface area contributed by atoms with Crippen molar-refractivity contribution < 1.29 is 0 Å². The Balaban J connectivity index is 1.96. The first-order chi connectivity index (χ1) is 11.2. The number of aromatic amines is 1. The second-order valence-corrected chi connectivity index (χ2v) is 6.61. The standard InChI is InChI=1S/C17H16Cl2N4/c18-14-5-4-12-13(11-9-20-21-10-11)8-15(22-17(12)16(14)19)23-6-2-1-3-7-23/h4-5,8-10H,1-3,6-7H2,(H,20,21). The SMILES string of the molecule is Clc1ccc2c(-c3cn[nH]c3)cc(N3CCCCC3)nc2c1Cl. The van der Waals surface area contributed by atoms with Gasteiger partial charge in [-0.15, -0.1) is 0 Å². The lowest BCUT2D eigenvalue weighted by atomic mass is 10.0. The Labute approximate surface area is 144 Å². The van der Waals surface area contributed by atoms with E-state index in [1.807, 2.05) is 24.5 Å². The Kier molecular flexibility index (Phi) is 3.87. The number of benzene rings is 1.